The number of aromatic nitrogens is 2. The number of H-pyrrole nitrogens is 1. The minimum atomic E-state index is -0.144. The molecular weight excluding hydrogens is 280 g/mol. The van der Waals surface area contributed by atoms with Crippen LogP contribution in [0.15, 0.2) is 30.5 Å². The third-order valence-corrected chi connectivity index (χ3v) is 3.97. The summed E-state index contributed by atoms with van der Waals surface area (Å²) >= 11 is 0. The molecule has 0 radical (unpaired) electrons. The minimum absolute atomic E-state index is 0.144. The number of carbonyl (C=O) groups is 1. The quantitative estimate of drug-likeness (QED) is 0.808. The molecule has 116 valence electrons. The average molecular weight is 300 g/mol. The van der Waals surface area contributed by atoms with E-state index in [2.05, 4.69) is 20.8 Å². The van der Waals surface area contributed by atoms with Crippen LogP contribution in [0.2, 0.25) is 0 Å². The Labute approximate surface area is 129 Å². The van der Waals surface area contributed by atoms with Crippen LogP contribution in [0.4, 0.5) is 5.69 Å². The molecule has 2 heterocycles. The SMILES string of the molecule is COc1ccc(C(=O)Nc2cn[nH]c2[C@H]2CCCNC2)cc1. The summed E-state index contributed by atoms with van der Waals surface area (Å²) < 4.78 is 5.10. The Hall–Kier alpha value is -2.34. The summed E-state index contributed by atoms with van der Waals surface area (Å²) in [5.41, 5.74) is 2.35. The lowest BCUT2D eigenvalue weighted by Crippen LogP contribution is -2.29. The lowest BCUT2D eigenvalue weighted by molar-refractivity contribution is 0.102. The molecule has 1 aliphatic heterocycles. The van der Waals surface area contributed by atoms with Crippen LogP contribution in [0.5, 0.6) is 5.75 Å². The van der Waals surface area contributed by atoms with Gasteiger partial charge in [-0.3, -0.25) is 9.89 Å². The van der Waals surface area contributed by atoms with Gasteiger partial charge in [-0.1, -0.05) is 0 Å². The molecular formula is C16H20N4O2. The number of ether oxygens (including phenoxy) is 1. The first-order chi connectivity index (χ1) is 10.8. The van der Waals surface area contributed by atoms with Gasteiger partial charge >= 0.3 is 0 Å². The van der Waals surface area contributed by atoms with Gasteiger partial charge in [-0.05, 0) is 43.7 Å². The predicted octanol–water partition coefficient (Wildman–Crippen LogP) is 2.14. The van der Waals surface area contributed by atoms with E-state index >= 15 is 0 Å². The number of nitrogens with zero attached hydrogens (tertiary/aromatic N) is 1. The fourth-order valence-electron chi connectivity index (χ4n) is 2.74. The summed E-state index contributed by atoms with van der Waals surface area (Å²) in [4.78, 5) is 12.3. The highest BCUT2D eigenvalue weighted by molar-refractivity contribution is 6.04. The number of rotatable bonds is 4. The molecule has 1 amide bonds. The van der Waals surface area contributed by atoms with Crippen LogP contribution in [0.1, 0.15) is 34.8 Å². The van der Waals surface area contributed by atoms with Crippen LogP contribution in [0.25, 0.3) is 0 Å². The van der Waals surface area contributed by atoms with Crippen molar-refractivity contribution in [2.75, 3.05) is 25.5 Å². The summed E-state index contributed by atoms with van der Waals surface area (Å²) in [6, 6.07) is 7.04. The van der Waals surface area contributed by atoms with Crippen molar-refractivity contribution < 1.29 is 9.53 Å². The van der Waals surface area contributed by atoms with Gasteiger partial charge in [0.25, 0.3) is 5.91 Å². The van der Waals surface area contributed by atoms with E-state index in [1.54, 1.807) is 37.6 Å². The number of amides is 1. The molecule has 1 aliphatic rings. The highest BCUT2D eigenvalue weighted by atomic mass is 16.5. The van der Waals surface area contributed by atoms with Gasteiger partial charge in [0.15, 0.2) is 0 Å². The summed E-state index contributed by atoms with van der Waals surface area (Å²) in [6.45, 7) is 1.96. The third kappa shape index (κ3) is 3.12. The number of hydrogen-bond donors (Lipinski definition) is 3. The van der Waals surface area contributed by atoms with Crippen molar-refractivity contribution in [3.63, 3.8) is 0 Å². The monoisotopic (exact) mass is 300 g/mol. The molecule has 0 aliphatic carbocycles. The van der Waals surface area contributed by atoms with E-state index in [9.17, 15) is 4.79 Å². The molecule has 1 saturated heterocycles. The number of methoxy groups -OCH3 is 1. The molecule has 3 N–H and O–H groups in total. The number of anilines is 1. The van der Waals surface area contributed by atoms with Gasteiger partial charge in [0.1, 0.15) is 5.75 Å². The number of aromatic amines is 1. The van der Waals surface area contributed by atoms with E-state index in [4.69, 9.17) is 4.74 Å². The molecule has 0 unspecified atom stereocenters. The summed E-state index contributed by atoms with van der Waals surface area (Å²) in [5.74, 6) is 0.949. The van der Waals surface area contributed by atoms with Crippen LogP contribution in [-0.2, 0) is 0 Å². The Balaban J connectivity index is 1.72. The molecule has 22 heavy (non-hydrogen) atoms. The Morgan fingerprint density at radius 3 is 2.86 bits per heavy atom. The van der Waals surface area contributed by atoms with E-state index in [1.807, 2.05) is 0 Å². The molecule has 1 fully saturated rings. The zero-order chi connectivity index (χ0) is 15.4. The zero-order valence-electron chi connectivity index (χ0n) is 12.6. The largest absolute Gasteiger partial charge is 0.497 e. The lowest BCUT2D eigenvalue weighted by Gasteiger charge is -2.22. The van der Waals surface area contributed by atoms with Crippen molar-refractivity contribution in [1.29, 1.82) is 0 Å². The van der Waals surface area contributed by atoms with Gasteiger partial charge in [-0.25, -0.2) is 0 Å². The van der Waals surface area contributed by atoms with E-state index < -0.39 is 0 Å². The van der Waals surface area contributed by atoms with Crippen LogP contribution in [0.3, 0.4) is 0 Å². The molecule has 0 saturated carbocycles. The smallest absolute Gasteiger partial charge is 0.255 e. The number of carbonyl (C=O) groups excluding carboxylic acids is 1. The van der Waals surface area contributed by atoms with Crippen molar-refractivity contribution in [1.82, 2.24) is 15.5 Å². The topological polar surface area (TPSA) is 79.0 Å². The Morgan fingerprint density at radius 2 is 2.18 bits per heavy atom. The minimum Gasteiger partial charge on any atom is -0.497 e. The first-order valence-corrected chi connectivity index (χ1v) is 7.47. The molecule has 0 spiro atoms. The number of piperidine rings is 1. The summed E-state index contributed by atoms with van der Waals surface area (Å²) in [5, 5.41) is 13.4. The Morgan fingerprint density at radius 1 is 1.36 bits per heavy atom. The molecule has 6 nitrogen and oxygen atoms in total. The van der Waals surface area contributed by atoms with E-state index in [0.29, 0.717) is 11.5 Å². The maximum atomic E-state index is 12.3. The van der Waals surface area contributed by atoms with Crippen LogP contribution >= 0.6 is 0 Å². The molecule has 1 atom stereocenters. The van der Waals surface area contributed by atoms with E-state index in [0.717, 1.165) is 43.1 Å². The molecule has 2 aromatic rings. The Bertz CT molecular complexity index is 630. The van der Waals surface area contributed by atoms with Gasteiger partial charge < -0.3 is 15.4 Å². The maximum Gasteiger partial charge on any atom is 0.255 e. The van der Waals surface area contributed by atoms with Crippen molar-refractivity contribution in [2.45, 2.75) is 18.8 Å². The normalized spacial score (nSPS) is 18.0. The van der Waals surface area contributed by atoms with Crippen molar-refractivity contribution >= 4 is 11.6 Å². The molecule has 6 heteroatoms. The summed E-state index contributed by atoms with van der Waals surface area (Å²) in [7, 11) is 1.60. The van der Waals surface area contributed by atoms with Crippen LogP contribution < -0.4 is 15.4 Å². The Kier molecular flexibility index (Phi) is 4.39. The van der Waals surface area contributed by atoms with Gasteiger partial charge in [0.2, 0.25) is 0 Å². The fraction of sp³-hybridized carbons (Fsp3) is 0.375. The van der Waals surface area contributed by atoms with Crippen molar-refractivity contribution in [2.24, 2.45) is 0 Å². The standard InChI is InChI=1S/C16H20N4O2/c1-22-13-6-4-11(5-7-13)16(21)19-14-10-18-20-15(14)12-3-2-8-17-9-12/h4-7,10,12,17H,2-3,8-9H2,1H3,(H,18,20)(H,19,21)/t12-/m0/s1. The maximum absolute atomic E-state index is 12.3. The number of hydrogen-bond acceptors (Lipinski definition) is 4. The fourth-order valence-corrected chi connectivity index (χ4v) is 2.74. The second-order valence-electron chi connectivity index (χ2n) is 5.42. The second kappa shape index (κ2) is 6.62. The van der Waals surface area contributed by atoms with Gasteiger partial charge in [-0.15, -0.1) is 0 Å². The summed E-state index contributed by atoms with van der Waals surface area (Å²) in [6.07, 6.45) is 3.90. The highest BCUT2D eigenvalue weighted by Gasteiger charge is 2.21. The van der Waals surface area contributed by atoms with Crippen molar-refractivity contribution in [3.05, 3.63) is 41.7 Å². The van der Waals surface area contributed by atoms with Gasteiger partial charge in [-0.2, -0.15) is 5.10 Å². The van der Waals surface area contributed by atoms with Crippen molar-refractivity contribution in [3.8, 4) is 5.75 Å². The lowest BCUT2D eigenvalue weighted by atomic mass is 9.95. The molecule has 3 rings (SSSR count). The molecule has 0 bridgehead atoms. The number of benzene rings is 1. The average Bonchev–Trinajstić information content (AvgIpc) is 3.04. The third-order valence-electron chi connectivity index (χ3n) is 3.97. The van der Waals surface area contributed by atoms with E-state index in [-0.39, 0.29) is 5.91 Å². The first kappa shape index (κ1) is 14.6. The first-order valence-electron chi connectivity index (χ1n) is 7.47. The van der Waals surface area contributed by atoms with Crippen LogP contribution in [0, 0.1) is 0 Å². The van der Waals surface area contributed by atoms with Gasteiger partial charge in [0, 0.05) is 18.0 Å². The van der Waals surface area contributed by atoms with Crippen LogP contribution in [-0.4, -0.2) is 36.3 Å². The molecule has 1 aromatic carbocycles. The highest BCUT2D eigenvalue weighted by Crippen LogP contribution is 2.27. The molecule has 1 aromatic heterocycles. The zero-order valence-corrected chi connectivity index (χ0v) is 12.6. The van der Waals surface area contributed by atoms with Gasteiger partial charge in [0.05, 0.1) is 24.7 Å². The predicted molar refractivity (Wildman–Crippen MR) is 84.4 cm³/mol. The van der Waals surface area contributed by atoms with E-state index in [1.165, 1.54) is 0 Å². The second-order valence-corrected chi connectivity index (χ2v) is 5.42. The number of nitrogens with one attached hydrogen (secondary N) is 3.